The van der Waals surface area contributed by atoms with Crippen molar-refractivity contribution in [1.29, 1.82) is 0 Å². The van der Waals surface area contributed by atoms with Gasteiger partial charge in [0.2, 0.25) is 11.7 Å². The average molecular weight is 746 g/mol. The molecule has 47 heavy (non-hydrogen) atoms. The first-order valence-corrected chi connectivity index (χ1v) is 17.2. The second-order valence-corrected chi connectivity index (χ2v) is 17.5. The molecule has 0 heterocycles. The van der Waals surface area contributed by atoms with E-state index in [1.165, 1.54) is 0 Å². The summed E-state index contributed by atoms with van der Waals surface area (Å²) in [6, 6.07) is 15.9. The lowest BCUT2D eigenvalue weighted by atomic mass is 9.86. The summed E-state index contributed by atoms with van der Waals surface area (Å²) in [4.78, 5) is 26.6. The molecule has 2 atom stereocenters. The zero-order valence-electron chi connectivity index (χ0n) is 27.9. The van der Waals surface area contributed by atoms with Crippen molar-refractivity contribution < 1.29 is 53.3 Å². The van der Waals surface area contributed by atoms with Crippen molar-refractivity contribution in [2.75, 3.05) is 6.16 Å². The Morgan fingerprint density at radius 2 is 1.15 bits per heavy atom. The van der Waals surface area contributed by atoms with Crippen LogP contribution in [0, 0.1) is 40.4 Å². The zero-order chi connectivity index (χ0) is 34.6. The zero-order valence-corrected chi connectivity index (χ0v) is 30.3. The summed E-state index contributed by atoms with van der Waals surface area (Å²) in [7, 11) is -3.09. The normalized spacial score (nSPS) is 13.4. The summed E-state index contributed by atoms with van der Waals surface area (Å²) in [5, 5.41) is 7.04. The molecule has 0 aliphatic rings. The molecule has 258 valence electrons. The molecule has 2 amide bonds. The van der Waals surface area contributed by atoms with Gasteiger partial charge in [0, 0.05) is 0 Å². The largest absolute Gasteiger partial charge is 1.00 e. The fraction of sp³-hybridized carbons (Fsp3) is 0.429. The van der Waals surface area contributed by atoms with Crippen LogP contribution in [0.15, 0.2) is 60.7 Å². The van der Waals surface area contributed by atoms with Gasteiger partial charge in [-0.05, 0) is 56.4 Å². The Balaban J connectivity index is 0.00000768. The summed E-state index contributed by atoms with van der Waals surface area (Å²) in [5.74, 6) is -10.8. The lowest BCUT2D eigenvalue weighted by molar-refractivity contribution is -0.126. The summed E-state index contributed by atoms with van der Waals surface area (Å²) < 4.78 is 79.1. The lowest BCUT2D eigenvalue weighted by Crippen LogP contribution is -3.00. The topological polar surface area (TPSA) is 67.4 Å². The fourth-order valence-corrected chi connectivity index (χ4v) is 9.92. The van der Waals surface area contributed by atoms with E-state index in [0.717, 1.165) is 0 Å². The van der Waals surface area contributed by atoms with Crippen LogP contribution in [0.2, 0.25) is 0 Å². The molecule has 3 aromatic rings. The molecule has 0 aliphatic heterocycles. The van der Waals surface area contributed by atoms with Gasteiger partial charge in [-0.25, -0.2) is 26.7 Å². The van der Waals surface area contributed by atoms with Crippen molar-refractivity contribution in [2.24, 2.45) is 11.3 Å². The summed E-state index contributed by atoms with van der Waals surface area (Å²) >= 11 is 0. The number of hydrogen-bond donors (Lipinski definition) is 2. The van der Waals surface area contributed by atoms with Gasteiger partial charge < -0.3 is 32.4 Å². The van der Waals surface area contributed by atoms with E-state index in [2.05, 4.69) is 10.6 Å². The first kappa shape index (κ1) is 40.1. The predicted molar refractivity (Wildman–Crippen MR) is 173 cm³/mol. The van der Waals surface area contributed by atoms with Gasteiger partial charge in [0.1, 0.15) is 11.6 Å². The van der Waals surface area contributed by atoms with Crippen molar-refractivity contribution in [3.8, 4) is 0 Å². The number of benzene rings is 3. The van der Waals surface area contributed by atoms with Crippen molar-refractivity contribution in [3.05, 3.63) is 95.3 Å². The predicted octanol–water partition coefficient (Wildman–Crippen LogP) is 4.63. The second kappa shape index (κ2) is 15.9. The molecule has 0 saturated heterocycles. The highest BCUT2D eigenvalue weighted by Crippen LogP contribution is 2.60. The number of carbonyl (C=O) groups is 2. The molecular weight excluding hydrogens is 702 g/mol. The Morgan fingerprint density at radius 3 is 1.53 bits per heavy atom. The Morgan fingerprint density at radius 1 is 0.723 bits per heavy atom. The molecule has 0 spiro atoms. The van der Waals surface area contributed by atoms with Gasteiger partial charge in [0.25, 0.3) is 0 Å². The fourth-order valence-electron chi connectivity index (χ4n) is 5.22. The Labute approximate surface area is 285 Å². The molecule has 1 unspecified atom stereocenters. The van der Waals surface area contributed by atoms with Gasteiger partial charge in [-0.1, -0.05) is 71.0 Å². The number of alkyl carbamates (subject to hydrolysis) is 1. The van der Waals surface area contributed by atoms with E-state index in [4.69, 9.17) is 4.74 Å². The first-order chi connectivity index (χ1) is 21.3. The molecule has 0 aromatic heterocycles. The summed E-state index contributed by atoms with van der Waals surface area (Å²) in [6.07, 6.45) is -1.15. The van der Waals surface area contributed by atoms with Crippen LogP contribution in [0.5, 0.6) is 0 Å². The Kier molecular flexibility index (Phi) is 13.6. The number of ether oxygens (including phenoxy) is 1. The third-order valence-corrected chi connectivity index (χ3v) is 12.1. The van der Waals surface area contributed by atoms with Crippen LogP contribution >= 0.6 is 7.26 Å². The standard InChI is InChI=1S/C35H42F5N2O3P.BrH/c1-21(2)25(41-32(43)31(34(3,4)5)42-33(44)45-35(6,7)8)20-46(22-15-11-9-12-16-22,23-17-13-10-14-18-23)19-24-26(36)28(38)30(40)29(39)27(24)37;/h9-18,21,25,31H,19-20H2,1-8H3,(H-,41,42,43,44);1H/t25-,31?;/m1./s1. The summed E-state index contributed by atoms with van der Waals surface area (Å²) in [6.45, 7) is 14.2. The molecule has 3 aromatic carbocycles. The van der Waals surface area contributed by atoms with E-state index in [1.807, 2.05) is 13.8 Å². The number of carbonyl (C=O) groups excluding carboxylic acids is 2. The lowest BCUT2D eigenvalue weighted by Gasteiger charge is -2.36. The average Bonchev–Trinajstić information content (AvgIpc) is 2.98. The molecule has 5 nitrogen and oxygen atoms in total. The molecule has 0 aliphatic carbocycles. The van der Waals surface area contributed by atoms with E-state index in [9.17, 15) is 22.8 Å². The van der Waals surface area contributed by atoms with Gasteiger partial charge in [0.15, 0.2) is 23.3 Å². The molecular formula is C35H43BrF5N2O3P. The Hall–Kier alpha value is -3.04. The van der Waals surface area contributed by atoms with Crippen LogP contribution in [0.1, 0.15) is 61.0 Å². The third kappa shape index (κ3) is 9.75. The molecule has 0 fully saturated rings. The SMILES string of the molecule is CC(C)[C@@H](C[P+](Cc1c(F)c(F)c(F)c(F)c1F)(c1ccccc1)c1ccccc1)NC(=O)C(NC(=O)OC(C)(C)C)C(C)(C)C.[Br-]. The van der Waals surface area contributed by atoms with E-state index in [-0.39, 0.29) is 29.1 Å². The molecule has 0 saturated carbocycles. The quantitative estimate of drug-likeness (QED) is 0.138. The van der Waals surface area contributed by atoms with Crippen molar-refractivity contribution in [1.82, 2.24) is 10.6 Å². The third-order valence-electron chi connectivity index (χ3n) is 7.66. The van der Waals surface area contributed by atoms with Crippen LogP contribution < -0.4 is 38.2 Å². The monoisotopic (exact) mass is 744 g/mol. The maximum Gasteiger partial charge on any atom is 0.408 e. The second-order valence-electron chi connectivity index (χ2n) is 13.8. The maximum atomic E-state index is 15.3. The van der Waals surface area contributed by atoms with Crippen LogP contribution in [0.4, 0.5) is 26.7 Å². The van der Waals surface area contributed by atoms with E-state index in [1.54, 1.807) is 102 Å². The van der Waals surface area contributed by atoms with Crippen LogP contribution in [0.25, 0.3) is 0 Å². The van der Waals surface area contributed by atoms with Crippen molar-refractivity contribution >= 4 is 29.9 Å². The van der Waals surface area contributed by atoms with E-state index in [0.29, 0.717) is 10.6 Å². The molecule has 2 N–H and O–H groups in total. The number of amides is 2. The molecule has 0 bridgehead atoms. The number of hydrogen-bond acceptors (Lipinski definition) is 3. The highest BCUT2D eigenvalue weighted by molar-refractivity contribution is 7.88. The molecule has 3 rings (SSSR count). The highest BCUT2D eigenvalue weighted by Gasteiger charge is 2.48. The first-order valence-electron chi connectivity index (χ1n) is 15.1. The smallest absolute Gasteiger partial charge is 0.408 e. The van der Waals surface area contributed by atoms with Gasteiger partial charge in [-0.15, -0.1) is 0 Å². The maximum absolute atomic E-state index is 15.3. The van der Waals surface area contributed by atoms with Gasteiger partial charge in [0.05, 0.1) is 41.8 Å². The Bertz CT molecular complexity index is 1460. The number of rotatable bonds is 10. The van der Waals surface area contributed by atoms with E-state index >= 15 is 8.78 Å². The minimum absolute atomic E-state index is 0. The van der Waals surface area contributed by atoms with Gasteiger partial charge >= 0.3 is 6.09 Å². The van der Waals surface area contributed by atoms with E-state index < -0.39 is 83.2 Å². The van der Waals surface area contributed by atoms with Crippen molar-refractivity contribution in [2.45, 2.75) is 79.2 Å². The minimum atomic E-state index is -3.09. The molecule has 0 radical (unpaired) electrons. The molecule has 12 heteroatoms. The van der Waals surface area contributed by atoms with Gasteiger partial charge in [-0.2, -0.15) is 0 Å². The van der Waals surface area contributed by atoms with Gasteiger partial charge in [-0.3, -0.25) is 4.79 Å². The minimum Gasteiger partial charge on any atom is -1.00 e. The number of halogens is 6. The number of nitrogens with one attached hydrogen (secondary N) is 2. The van der Waals surface area contributed by atoms with Crippen LogP contribution in [-0.2, 0) is 15.7 Å². The highest BCUT2D eigenvalue weighted by atomic mass is 79.9. The van der Waals surface area contributed by atoms with Crippen LogP contribution in [-0.4, -0.2) is 35.8 Å². The van der Waals surface area contributed by atoms with Crippen molar-refractivity contribution in [3.63, 3.8) is 0 Å². The van der Waals surface area contributed by atoms with Crippen LogP contribution in [0.3, 0.4) is 0 Å². The summed E-state index contributed by atoms with van der Waals surface area (Å²) in [5.41, 5.74) is -2.46.